The highest BCUT2D eigenvalue weighted by molar-refractivity contribution is 5.04. The molecule has 0 bridgehead atoms. The third kappa shape index (κ3) is 0.913. The summed E-state index contributed by atoms with van der Waals surface area (Å²) in [7, 11) is 0. The van der Waals surface area contributed by atoms with Crippen molar-refractivity contribution in [1.29, 1.82) is 0 Å². The maximum absolute atomic E-state index is 5.15. The van der Waals surface area contributed by atoms with Crippen molar-refractivity contribution in [3.05, 3.63) is 24.6 Å². The van der Waals surface area contributed by atoms with E-state index in [2.05, 4.69) is 10.3 Å². The van der Waals surface area contributed by atoms with Gasteiger partial charge in [-0.2, -0.15) is 0 Å². The summed E-state index contributed by atoms with van der Waals surface area (Å²) >= 11 is 0. The molecule has 0 aromatic carbocycles. The van der Waals surface area contributed by atoms with Crippen molar-refractivity contribution in [2.24, 2.45) is 0 Å². The van der Waals surface area contributed by atoms with E-state index in [0.717, 1.165) is 6.54 Å². The van der Waals surface area contributed by atoms with Gasteiger partial charge in [-0.15, -0.1) is 0 Å². The first-order valence-corrected chi connectivity index (χ1v) is 3.10. The molecule has 1 aliphatic heterocycles. The van der Waals surface area contributed by atoms with Crippen LogP contribution in [0.15, 0.2) is 16.9 Å². The zero-order chi connectivity index (χ0) is 6.81. The van der Waals surface area contributed by atoms with Crippen molar-refractivity contribution in [2.45, 2.75) is 0 Å². The van der Waals surface area contributed by atoms with Crippen molar-refractivity contribution in [3.63, 3.8) is 0 Å². The number of aromatic nitrogens is 1. The Morgan fingerprint density at radius 3 is 3.20 bits per heavy atom. The summed E-state index contributed by atoms with van der Waals surface area (Å²) in [5, 5.41) is 3.00. The van der Waals surface area contributed by atoms with Crippen molar-refractivity contribution in [1.82, 2.24) is 10.3 Å². The summed E-state index contributed by atoms with van der Waals surface area (Å²) in [4.78, 5) is 3.91. The normalized spacial score (nSPS) is 20.0. The molecule has 53 valence electrons. The number of ether oxygens (including phenoxy) is 1. The average Bonchev–Trinajstić information content (AvgIpc) is 2.59. The molecule has 0 amide bonds. The molecule has 0 atom stereocenters. The van der Waals surface area contributed by atoms with Crippen LogP contribution in [0.2, 0.25) is 0 Å². The molecule has 0 unspecified atom stereocenters. The third-order valence-corrected chi connectivity index (χ3v) is 1.26. The third-order valence-electron chi connectivity index (χ3n) is 1.26. The SMILES string of the molecule is c1coc([C]2NCCO2)n1. The van der Waals surface area contributed by atoms with Gasteiger partial charge in [0.2, 0.25) is 12.1 Å². The number of nitrogens with zero attached hydrogens (tertiary/aromatic N) is 1. The predicted molar refractivity (Wildman–Crippen MR) is 32.8 cm³/mol. The first-order valence-electron chi connectivity index (χ1n) is 3.10. The summed E-state index contributed by atoms with van der Waals surface area (Å²) in [6, 6.07) is 0. The first-order chi connectivity index (χ1) is 4.97. The lowest BCUT2D eigenvalue weighted by Crippen LogP contribution is -2.14. The molecule has 2 rings (SSSR count). The summed E-state index contributed by atoms with van der Waals surface area (Å²) in [6.07, 6.45) is 3.75. The standard InChI is InChI=1S/C6H7N2O2/c1-3-9-5(7-1)6-8-2-4-10-6/h1,3,8H,2,4H2. The van der Waals surface area contributed by atoms with Crippen LogP contribution in [-0.2, 0) is 4.74 Å². The number of hydrogen-bond donors (Lipinski definition) is 1. The van der Waals surface area contributed by atoms with Crippen LogP contribution in [0.4, 0.5) is 0 Å². The topological polar surface area (TPSA) is 47.3 Å². The number of oxazole rings is 1. The van der Waals surface area contributed by atoms with Crippen molar-refractivity contribution < 1.29 is 9.15 Å². The van der Waals surface area contributed by atoms with E-state index in [-0.39, 0.29) is 0 Å². The van der Waals surface area contributed by atoms with Crippen LogP contribution in [0.25, 0.3) is 0 Å². The van der Waals surface area contributed by atoms with Crippen LogP contribution < -0.4 is 5.32 Å². The van der Waals surface area contributed by atoms with Gasteiger partial charge < -0.3 is 9.15 Å². The Labute approximate surface area is 58.2 Å². The monoisotopic (exact) mass is 139 g/mol. The smallest absolute Gasteiger partial charge is 0.250 e. The molecule has 10 heavy (non-hydrogen) atoms. The van der Waals surface area contributed by atoms with Gasteiger partial charge in [-0.3, -0.25) is 5.32 Å². The van der Waals surface area contributed by atoms with Crippen molar-refractivity contribution in [3.8, 4) is 0 Å². The minimum atomic E-state index is 0.525. The van der Waals surface area contributed by atoms with Gasteiger partial charge in [-0.05, 0) is 0 Å². The average molecular weight is 139 g/mol. The van der Waals surface area contributed by atoms with Crippen LogP contribution in [0, 0.1) is 6.23 Å². The van der Waals surface area contributed by atoms with E-state index in [0.29, 0.717) is 18.7 Å². The van der Waals surface area contributed by atoms with Gasteiger partial charge in [0, 0.05) is 6.54 Å². The summed E-state index contributed by atoms with van der Waals surface area (Å²) < 4.78 is 10.1. The Kier molecular flexibility index (Phi) is 1.41. The number of nitrogens with one attached hydrogen (secondary N) is 1. The van der Waals surface area contributed by atoms with Crippen LogP contribution in [0.5, 0.6) is 0 Å². The van der Waals surface area contributed by atoms with Crippen molar-refractivity contribution >= 4 is 0 Å². The highest BCUT2D eigenvalue weighted by atomic mass is 16.5. The van der Waals surface area contributed by atoms with Gasteiger partial charge in [-0.1, -0.05) is 0 Å². The minimum absolute atomic E-state index is 0.525. The van der Waals surface area contributed by atoms with Gasteiger partial charge >= 0.3 is 0 Å². The molecule has 1 aliphatic rings. The number of hydrogen-bond acceptors (Lipinski definition) is 4. The Bertz CT molecular complexity index is 192. The second-order valence-corrected chi connectivity index (χ2v) is 1.94. The first kappa shape index (κ1) is 5.88. The maximum Gasteiger partial charge on any atom is 0.250 e. The largest absolute Gasteiger partial charge is 0.445 e. The van der Waals surface area contributed by atoms with Crippen LogP contribution in [-0.4, -0.2) is 18.1 Å². The molecule has 1 saturated heterocycles. The highest BCUT2D eigenvalue weighted by Crippen LogP contribution is 2.13. The maximum atomic E-state index is 5.15. The Balaban J connectivity index is 2.12. The minimum Gasteiger partial charge on any atom is -0.445 e. The Morgan fingerprint density at radius 2 is 2.60 bits per heavy atom. The lowest BCUT2D eigenvalue weighted by Gasteiger charge is -1.99. The zero-order valence-electron chi connectivity index (χ0n) is 5.33. The van der Waals surface area contributed by atoms with E-state index in [1.165, 1.54) is 6.26 Å². The molecule has 0 spiro atoms. The molecule has 1 radical (unpaired) electrons. The lowest BCUT2D eigenvalue weighted by molar-refractivity contribution is 0.193. The van der Waals surface area contributed by atoms with Crippen LogP contribution in [0.1, 0.15) is 5.89 Å². The van der Waals surface area contributed by atoms with E-state index in [1.54, 1.807) is 6.20 Å². The molecule has 0 saturated carbocycles. The molecular weight excluding hydrogens is 132 g/mol. The van der Waals surface area contributed by atoms with Gasteiger partial charge in [-0.25, -0.2) is 4.98 Å². The summed E-state index contributed by atoms with van der Waals surface area (Å²) in [5.41, 5.74) is 0. The van der Waals surface area contributed by atoms with Crippen molar-refractivity contribution in [2.75, 3.05) is 13.2 Å². The quantitative estimate of drug-likeness (QED) is 0.600. The van der Waals surface area contributed by atoms with Gasteiger partial charge in [0.1, 0.15) is 6.26 Å². The van der Waals surface area contributed by atoms with E-state index < -0.39 is 0 Å². The van der Waals surface area contributed by atoms with Gasteiger partial charge in [0.25, 0.3) is 0 Å². The zero-order valence-corrected chi connectivity index (χ0v) is 5.33. The van der Waals surface area contributed by atoms with E-state index >= 15 is 0 Å². The van der Waals surface area contributed by atoms with Gasteiger partial charge in [0.05, 0.1) is 12.8 Å². The summed E-state index contributed by atoms with van der Waals surface area (Å²) in [6.45, 7) is 1.52. The van der Waals surface area contributed by atoms with Gasteiger partial charge in [0.15, 0.2) is 0 Å². The second kappa shape index (κ2) is 2.40. The molecule has 2 heterocycles. The second-order valence-electron chi connectivity index (χ2n) is 1.94. The Hall–Kier alpha value is -0.870. The molecule has 1 aromatic rings. The lowest BCUT2D eigenvalue weighted by atomic mass is 10.6. The molecule has 1 N–H and O–H groups in total. The molecule has 1 fully saturated rings. The summed E-state index contributed by atoms with van der Waals surface area (Å²) in [5.74, 6) is 0.525. The molecule has 4 heteroatoms. The fraction of sp³-hybridized carbons (Fsp3) is 0.333. The fourth-order valence-electron chi connectivity index (χ4n) is 0.842. The molecule has 4 nitrogen and oxygen atoms in total. The van der Waals surface area contributed by atoms with E-state index in [4.69, 9.17) is 9.15 Å². The molecule has 0 aliphatic carbocycles. The highest BCUT2D eigenvalue weighted by Gasteiger charge is 2.22. The Morgan fingerprint density at radius 1 is 1.60 bits per heavy atom. The van der Waals surface area contributed by atoms with E-state index in [1.807, 2.05) is 0 Å². The predicted octanol–water partition coefficient (Wildman–Crippen LogP) is 0.132. The number of rotatable bonds is 1. The molecule has 1 aromatic heterocycles. The van der Waals surface area contributed by atoms with Crippen LogP contribution >= 0.6 is 0 Å². The molecular formula is C6H7N2O2. The van der Waals surface area contributed by atoms with E-state index in [9.17, 15) is 0 Å². The fourth-order valence-corrected chi connectivity index (χ4v) is 0.842. The van der Waals surface area contributed by atoms with Crippen LogP contribution in [0.3, 0.4) is 0 Å².